The minimum atomic E-state index is -0.151. The number of rotatable bonds is 3. The van der Waals surface area contributed by atoms with Gasteiger partial charge in [0.25, 0.3) is 5.56 Å². The Kier molecular flexibility index (Phi) is 4.32. The van der Waals surface area contributed by atoms with Crippen LogP contribution in [0.25, 0.3) is 22.6 Å². The summed E-state index contributed by atoms with van der Waals surface area (Å²) < 4.78 is 2.00. The van der Waals surface area contributed by atoms with Crippen LogP contribution in [0.15, 0.2) is 35.3 Å². The van der Waals surface area contributed by atoms with E-state index >= 15 is 0 Å². The molecule has 0 aliphatic heterocycles. The maximum Gasteiger partial charge on any atom is 0.274 e. The summed E-state index contributed by atoms with van der Waals surface area (Å²) in [5.41, 5.74) is 3.04. The first-order chi connectivity index (χ1) is 12.7. The topological polar surface area (TPSA) is 79.3 Å². The normalized spacial score (nSPS) is 15.9. The summed E-state index contributed by atoms with van der Waals surface area (Å²) >= 11 is 0. The number of hydrogen-bond acceptors (Lipinski definition) is 3. The first-order valence-electron chi connectivity index (χ1n) is 9.10. The van der Waals surface area contributed by atoms with Gasteiger partial charge in [0.15, 0.2) is 0 Å². The van der Waals surface area contributed by atoms with Crippen molar-refractivity contribution in [3.63, 3.8) is 0 Å². The molecule has 134 valence electrons. The summed E-state index contributed by atoms with van der Waals surface area (Å²) in [6.07, 6.45) is 10.9. The molecule has 3 aromatic rings. The summed E-state index contributed by atoms with van der Waals surface area (Å²) in [6.45, 7) is 0. The average molecular weight is 350 g/mol. The molecule has 1 aliphatic carbocycles. The van der Waals surface area contributed by atoms with Gasteiger partial charge < -0.3 is 10.3 Å². The Morgan fingerprint density at radius 3 is 2.85 bits per heavy atom. The molecule has 1 fully saturated rings. The zero-order chi connectivity index (χ0) is 18.1. The second-order valence-electron chi connectivity index (χ2n) is 6.85. The third kappa shape index (κ3) is 2.92. The van der Waals surface area contributed by atoms with Gasteiger partial charge in [-0.3, -0.25) is 14.0 Å². The Morgan fingerprint density at radius 1 is 1.27 bits per heavy atom. The van der Waals surface area contributed by atoms with E-state index in [9.17, 15) is 9.59 Å². The lowest BCUT2D eigenvalue weighted by Gasteiger charge is -2.21. The molecule has 0 spiro atoms. The Hall–Kier alpha value is -2.89. The lowest BCUT2D eigenvalue weighted by molar-refractivity contribution is -0.115. The summed E-state index contributed by atoms with van der Waals surface area (Å²) in [7, 11) is 1.60. The molecule has 0 unspecified atom stereocenters. The lowest BCUT2D eigenvalue weighted by Crippen LogP contribution is -2.14. The van der Waals surface area contributed by atoms with Crippen molar-refractivity contribution in [2.75, 3.05) is 7.05 Å². The van der Waals surface area contributed by atoms with Crippen LogP contribution in [-0.4, -0.2) is 27.3 Å². The molecule has 2 heterocycles. The van der Waals surface area contributed by atoms with Gasteiger partial charge in [-0.25, -0.2) is 4.98 Å². The minimum absolute atomic E-state index is 0.124. The largest absolute Gasteiger partial charge is 0.356 e. The van der Waals surface area contributed by atoms with Gasteiger partial charge in [-0.05, 0) is 36.6 Å². The minimum Gasteiger partial charge on any atom is -0.356 e. The number of aromatic amines is 1. The zero-order valence-corrected chi connectivity index (χ0v) is 14.8. The first kappa shape index (κ1) is 16.6. The molecule has 4 rings (SSSR count). The maximum atomic E-state index is 12.4. The third-order valence-corrected chi connectivity index (χ3v) is 5.18. The fourth-order valence-electron chi connectivity index (χ4n) is 3.81. The molecule has 1 saturated carbocycles. The monoisotopic (exact) mass is 350 g/mol. The van der Waals surface area contributed by atoms with Gasteiger partial charge >= 0.3 is 0 Å². The molecule has 0 radical (unpaired) electrons. The van der Waals surface area contributed by atoms with Crippen molar-refractivity contribution in [3.05, 3.63) is 52.2 Å². The molecule has 6 nitrogen and oxygen atoms in total. The standard InChI is InChI=1S/C20H22N4O2/c1-21-18(25)10-8-13-7-9-15-16(11-13)24-17(20(26)23-15)12-22-19(24)14-5-3-2-4-6-14/h7-12,14H,2-6H2,1H3,(H,21,25)(H,23,26). The SMILES string of the molecule is CNC(=O)C=Cc1ccc2[nH]c(=O)c3cnc(C4CCCCC4)n3c2c1. The molecule has 1 amide bonds. The molecule has 2 N–H and O–H groups in total. The van der Waals surface area contributed by atoms with Gasteiger partial charge in [-0.1, -0.05) is 25.3 Å². The van der Waals surface area contributed by atoms with Gasteiger partial charge in [0, 0.05) is 19.0 Å². The third-order valence-electron chi connectivity index (χ3n) is 5.18. The lowest BCUT2D eigenvalue weighted by atomic mass is 9.89. The molecule has 1 aromatic carbocycles. The number of carbonyl (C=O) groups excluding carboxylic acids is 1. The van der Waals surface area contributed by atoms with E-state index in [4.69, 9.17) is 0 Å². The average Bonchev–Trinajstić information content (AvgIpc) is 3.13. The fourth-order valence-corrected chi connectivity index (χ4v) is 3.81. The molecule has 0 saturated heterocycles. The Labute approximate surface area is 150 Å². The molecule has 1 aliphatic rings. The summed E-state index contributed by atoms with van der Waals surface area (Å²) in [5.74, 6) is 1.21. The molecule has 6 heteroatoms. The predicted octanol–water partition coefficient (Wildman–Crippen LogP) is 2.98. The van der Waals surface area contributed by atoms with E-state index in [-0.39, 0.29) is 11.5 Å². The highest BCUT2D eigenvalue weighted by Gasteiger charge is 2.21. The number of nitrogens with zero attached hydrogens (tertiary/aromatic N) is 2. The van der Waals surface area contributed by atoms with Gasteiger partial charge in [0.05, 0.1) is 17.2 Å². The number of hydrogen-bond donors (Lipinski definition) is 2. The van der Waals surface area contributed by atoms with Crippen LogP contribution in [-0.2, 0) is 4.79 Å². The van der Waals surface area contributed by atoms with Crippen molar-refractivity contribution in [2.45, 2.75) is 38.0 Å². The quantitative estimate of drug-likeness (QED) is 0.713. The molecule has 0 atom stereocenters. The van der Waals surface area contributed by atoms with Crippen LogP contribution >= 0.6 is 0 Å². The number of imidazole rings is 1. The van der Waals surface area contributed by atoms with Crippen molar-refractivity contribution in [1.29, 1.82) is 0 Å². The number of aromatic nitrogens is 3. The van der Waals surface area contributed by atoms with E-state index in [0.717, 1.165) is 35.3 Å². The zero-order valence-electron chi connectivity index (χ0n) is 14.8. The van der Waals surface area contributed by atoms with E-state index in [0.29, 0.717) is 11.4 Å². The van der Waals surface area contributed by atoms with Crippen molar-refractivity contribution in [1.82, 2.24) is 19.7 Å². The number of H-pyrrole nitrogens is 1. The highest BCUT2D eigenvalue weighted by molar-refractivity contribution is 5.92. The van der Waals surface area contributed by atoms with Crippen LogP contribution in [0.4, 0.5) is 0 Å². The van der Waals surface area contributed by atoms with Gasteiger partial charge in [-0.15, -0.1) is 0 Å². The van der Waals surface area contributed by atoms with E-state index in [2.05, 4.69) is 15.3 Å². The molecule has 0 bridgehead atoms. The Bertz CT molecular complexity index is 1050. The summed E-state index contributed by atoms with van der Waals surface area (Å²) in [6, 6.07) is 5.76. The number of likely N-dealkylation sites (N-methyl/N-ethyl adjacent to an activating group) is 1. The first-order valence-corrected chi connectivity index (χ1v) is 9.10. The predicted molar refractivity (Wildman–Crippen MR) is 102 cm³/mol. The maximum absolute atomic E-state index is 12.4. The molecular formula is C20H22N4O2. The summed E-state index contributed by atoms with van der Waals surface area (Å²) in [5, 5.41) is 2.57. The number of amides is 1. The molecular weight excluding hydrogens is 328 g/mol. The molecule has 2 aromatic heterocycles. The highest BCUT2D eigenvalue weighted by Crippen LogP contribution is 2.33. The van der Waals surface area contributed by atoms with Crippen LogP contribution in [0.1, 0.15) is 49.4 Å². The number of fused-ring (bicyclic) bond motifs is 3. The van der Waals surface area contributed by atoms with E-state index < -0.39 is 0 Å². The number of carbonyl (C=O) groups is 1. The van der Waals surface area contributed by atoms with Crippen molar-refractivity contribution in [3.8, 4) is 0 Å². The van der Waals surface area contributed by atoms with Crippen molar-refractivity contribution < 1.29 is 4.79 Å². The Balaban J connectivity index is 1.90. The van der Waals surface area contributed by atoms with E-state index in [1.165, 1.54) is 25.3 Å². The van der Waals surface area contributed by atoms with Crippen LogP contribution < -0.4 is 10.9 Å². The number of nitrogens with one attached hydrogen (secondary N) is 2. The second kappa shape index (κ2) is 6.78. The van der Waals surface area contributed by atoms with Crippen molar-refractivity contribution in [2.24, 2.45) is 0 Å². The smallest absolute Gasteiger partial charge is 0.274 e. The van der Waals surface area contributed by atoms with E-state index in [1.54, 1.807) is 19.3 Å². The van der Waals surface area contributed by atoms with Crippen LogP contribution in [0.3, 0.4) is 0 Å². The van der Waals surface area contributed by atoms with Crippen LogP contribution in [0.2, 0.25) is 0 Å². The van der Waals surface area contributed by atoms with Gasteiger partial charge in [-0.2, -0.15) is 0 Å². The van der Waals surface area contributed by atoms with Crippen LogP contribution in [0, 0.1) is 0 Å². The molecule has 26 heavy (non-hydrogen) atoms. The van der Waals surface area contributed by atoms with Gasteiger partial charge in [0.2, 0.25) is 5.91 Å². The second-order valence-corrected chi connectivity index (χ2v) is 6.85. The summed E-state index contributed by atoms with van der Waals surface area (Å²) in [4.78, 5) is 31.4. The van der Waals surface area contributed by atoms with Crippen LogP contribution in [0.5, 0.6) is 0 Å². The van der Waals surface area contributed by atoms with Crippen molar-refractivity contribution >= 4 is 28.5 Å². The fraction of sp³-hybridized carbons (Fsp3) is 0.350. The van der Waals surface area contributed by atoms with E-state index in [1.807, 2.05) is 22.6 Å². The highest BCUT2D eigenvalue weighted by atomic mass is 16.1. The Morgan fingerprint density at radius 2 is 2.08 bits per heavy atom. The van der Waals surface area contributed by atoms with Gasteiger partial charge in [0.1, 0.15) is 11.3 Å². The number of benzene rings is 1.